The molecule has 0 spiro atoms. The standard InChI is InChI=1S/C19H25IN2O6PSSi/c1-26-16-8-13-14(9-17(16)28-30(20)29)22(11-27-5-6-31(2,3)4)19(25)15-7-12(23)10-21(15)18(13)24/h8-9,15H,5-7,10-11H2,1-4H3/q-1/t15-/m0/s1. The van der Waals surface area contributed by atoms with Crippen LogP contribution < -0.4 is 13.8 Å². The number of nitrogens with zero attached hydrogens (tertiary/aromatic N) is 2. The number of anilines is 1. The summed E-state index contributed by atoms with van der Waals surface area (Å²) in [5.41, 5.74) is 0.659. The zero-order valence-corrected chi connectivity index (χ0v) is 22.7. The van der Waals surface area contributed by atoms with Gasteiger partial charge in [-0.15, -0.1) is 0 Å². The summed E-state index contributed by atoms with van der Waals surface area (Å²) in [6, 6.07) is 3.29. The number of ketones is 1. The first-order valence-electron chi connectivity index (χ1n) is 9.73. The van der Waals surface area contributed by atoms with E-state index in [-0.39, 0.29) is 42.9 Å². The number of carbonyl (C=O) groups excluding carboxylic acids is 3. The van der Waals surface area contributed by atoms with Gasteiger partial charge in [0.15, 0.2) is 0 Å². The van der Waals surface area contributed by atoms with Gasteiger partial charge in [-0.3, -0.25) is 0 Å². The summed E-state index contributed by atoms with van der Waals surface area (Å²) in [5, 5.41) is 0. The Morgan fingerprint density at radius 2 is 1.94 bits per heavy atom. The third-order valence-electron chi connectivity index (χ3n) is 5.13. The Morgan fingerprint density at radius 1 is 1.23 bits per heavy atom. The first kappa shape index (κ1) is 24.8. The van der Waals surface area contributed by atoms with E-state index in [9.17, 15) is 14.4 Å². The van der Waals surface area contributed by atoms with Crippen molar-refractivity contribution < 1.29 is 28.0 Å². The van der Waals surface area contributed by atoms with Crippen LogP contribution in [0.3, 0.4) is 0 Å². The summed E-state index contributed by atoms with van der Waals surface area (Å²) in [7, 11) is 3.73. The molecule has 170 valence electrons. The molecule has 0 radical (unpaired) electrons. The molecule has 0 aliphatic carbocycles. The van der Waals surface area contributed by atoms with Crippen LogP contribution in [0.25, 0.3) is 0 Å². The van der Waals surface area contributed by atoms with E-state index in [4.69, 9.17) is 13.7 Å². The number of Topliss-reactive ketones (excluding diaryl/α,β-unsaturated/α-hetero) is 1. The number of amides is 2. The molecule has 0 bridgehead atoms. The van der Waals surface area contributed by atoms with Gasteiger partial charge in [-0.25, -0.2) is 0 Å². The van der Waals surface area contributed by atoms with Crippen molar-refractivity contribution in [2.75, 3.05) is 31.9 Å². The molecule has 1 aromatic carbocycles. The molecule has 3 rings (SSSR count). The van der Waals surface area contributed by atoms with Crippen molar-refractivity contribution >= 4 is 67.7 Å². The zero-order valence-electron chi connectivity index (χ0n) is 17.8. The molecule has 0 N–H and O–H groups in total. The Hall–Kier alpha value is -0.883. The van der Waals surface area contributed by atoms with Crippen LogP contribution in [0.2, 0.25) is 25.7 Å². The van der Waals surface area contributed by atoms with E-state index in [2.05, 4.69) is 27.5 Å². The van der Waals surface area contributed by atoms with Crippen LogP contribution in [0.1, 0.15) is 16.8 Å². The number of hydrogen-bond acceptors (Lipinski definition) is 7. The molecule has 0 unspecified atom stereocenters. The fourth-order valence-electron chi connectivity index (χ4n) is 3.49. The molecule has 31 heavy (non-hydrogen) atoms. The molecular formula is C19H25IN2O6PSSi-. The first-order valence-corrected chi connectivity index (χ1v) is 18.2. The minimum atomic E-state index is -1.30. The van der Waals surface area contributed by atoms with E-state index in [0.29, 0.717) is 23.8 Å². The summed E-state index contributed by atoms with van der Waals surface area (Å²) < 4.78 is 17.0. The third-order valence-corrected chi connectivity index (χ3v) is 7.92. The van der Waals surface area contributed by atoms with Crippen LogP contribution in [0.5, 0.6) is 11.5 Å². The molecule has 0 aromatic heterocycles. The number of carbonyl (C=O) groups is 3. The maximum atomic E-state index is 13.4. The Kier molecular flexibility index (Phi) is 7.94. The molecule has 1 atom stereocenters. The summed E-state index contributed by atoms with van der Waals surface area (Å²) in [6.07, 6.45) is 0.0122. The van der Waals surface area contributed by atoms with Gasteiger partial charge in [0.2, 0.25) is 0 Å². The van der Waals surface area contributed by atoms with Gasteiger partial charge in [0.25, 0.3) is 0 Å². The third kappa shape index (κ3) is 5.73. The van der Waals surface area contributed by atoms with Crippen molar-refractivity contribution in [1.29, 1.82) is 0 Å². The molecule has 1 aromatic rings. The van der Waals surface area contributed by atoms with E-state index in [1.54, 1.807) is 12.1 Å². The van der Waals surface area contributed by atoms with Crippen LogP contribution in [0, 0.1) is 0 Å². The molecule has 1 saturated heterocycles. The van der Waals surface area contributed by atoms with Gasteiger partial charge in [0, 0.05) is 0 Å². The van der Waals surface area contributed by atoms with Crippen molar-refractivity contribution in [3.8, 4) is 11.5 Å². The van der Waals surface area contributed by atoms with Gasteiger partial charge >= 0.3 is 200 Å². The molecule has 8 nitrogen and oxygen atoms in total. The fraction of sp³-hybridized carbons (Fsp3) is 0.526. The average Bonchev–Trinajstić information content (AvgIpc) is 3.04. The topological polar surface area (TPSA) is 85.4 Å². The van der Waals surface area contributed by atoms with E-state index < -0.39 is 21.4 Å². The van der Waals surface area contributed by atoms with Crippen LogP contribution in [-0.2, 0) is 21.6 Å². The second kappa shape index (κ2) is 9.94. The summed E-state index contributed by atoms with van der Waals surface area (Å²) in [4.78, 5) is 41.5. The van der Waals surface area contributed by atoms with Gasteiger partial charge < -0.3 is 0 Å². The number of benzene rings is 1. The van der Waals surface area contributed by atoms with Crippen LogP contribution in [-0.4, -0.2) is 63.6 Å². The normalized spacial score (nSPS) is 18.9. The first-order chi connectivity index (χ1) is 14.5. The second-order valence-corrected chi connectivity index (χ2v) is 20.3. The van der Waals surface area contributed by atoms with Crippen molar-refractivity contribution in [1.82, 2.24) is 4.90 Å². The monoisotopic (exact) mass is 595 g/mol. The molecule has 2 aliphatic heterocycles. The molecule has 2 aliphatic rings. The molecule has 2 amide bonds. The maximum absolute atomic E-state index is 13.4. The SMILES string of the molecule is COc1cc2c(cc1O[S-](#P)I)N(COCC[Si](C)(C)C)C(=O)[C@@H]1CC(=O)CN1C2=O. The number of fused-ring (bicyclic) bond motifs is 2. The van der Waals surface area contributed by atoms with E-state index in [0.717, 1.165) is 6.04 Å². The van der Waals surface area contributed by atoms with Crippen molar-refractivity contribution in [2.24, 2.45) is 0 Å². The predicted octanol–water partition coefficient (Wildman–Crippen LogP) is 3.73. The molecule has 1 fully saturated rings. The fourth-order valence-corrected chi connectivity index (χ4v) is 5.34. The van der Waals surface area contributed by atoms with Crippen molar-refractivity contribution in [3.05, 3.63) is 17.7 Å². The Morgan fingerprint density at radius 3 is 2.55 bits per heavy atom. The van der Waals surface area contributed by atoms with Gasteiger partial charge in [0.05, 0.1) is 0 Å². The van der Waals surface area contributed by atoms with Crippen LogP contribution in [0.15, 0.2) is 12.1 Å². The van der Waals surface area contributed by atoms with Crippen LogP contribution >= 0.6 is 29.0 Å². The van der Waals surface area contributed by atoms with Crippen molar-refractivity contribution in [3.63, 3.8) is 0 Å². The van der Waals surface area contributed by atoms with Crippen molar-refractivity contribution in [2.45, 2.75) is 38.1 Å². The average molecular weight is 595 g/mol. The van der Waals surface area contributed by atoms with E-state index in [1.165, 1.54) is 16.9 Å². The van der Waals surface area contributed by atoms with E-state index >= 15 is 0 Å². The predicted molar refractivity (Wildman–Crippen MR) is 133 cm³/mol. The Balaban J connectivity index is 2.03. The molecular weight excluding hydrogens is 570 g/mol. The Bertz CT molecular complexity index is 992. The summed E-state index contributed by atoms with van der Waals surface area (Å²) in [5.74, 6) is -0.119. The van der Waals surface area contributed by atoms with E-state index in [1.807, 2.05) is 21.2 Å². The number of methoxy groups -OCH3 is 1. The van der Waals surface area contributed by atoms with Gasteiger partial charge in [-0.2, -0.15) is 0 Å². The molecule has 0 saturated carbocycles. The number of ether oxygens (including phenoxy) is 2. The number of hydrogen-bond donors (Lipinski definition) is 0. The molecule has 2 heterocycles. The molecule has 12 heteroatoms. The summed E-state index contributed by atoms with van der Waals surface area (Å²) >= 11 is 2.01. The minimum absolute atomic E-state index is 0.00921. The summed E-state index contributed by atoms with van der Waals surface area (Å²) in [6.45, 7) is 7.18. The quantitative estimate of drug-likeness (QED) is 0.157. The number of halogens is 1. The Labute approximate surface area is 199 Å². The second-order valence-electron chi connectivity index (χ2n) is 8.62. The van der Waals surface area contributed by atoms with Crippen LogP contribution in [0.4, 0.5) is 5.69 Å². The zero-order chi connectivity index (χ0) is 22.9. The number of rotatable bonds is 7. The van der Waals surface area contributed by atoms with Gasteiger partial charge in [0.1, 0.15) is 0 Å². The van der Waals surface area contributed by atoms with Gasteiger partial charge in [-0.1, -0.05) is 0 Å². The van der Waals surface area contributed by atoms with Gasteiger partial charge in [-0.05, 0) is 0 Å².